The number of anilines is 1. The minimum absolute atomic E-state index is 0.0476. The molecule has 0 saturated heterocycles. The van der Waals surface area contributed by atoms with Crippen LogP contribution in [0.25, 0.3) is 0 Å². The highest BCUT2D eigenvalue weighted by molar-refractivity contribution is 6.30. The van der Waals surface area contributed by atoms with Gasteiger partial charge >= 0.3 is 5.97 Å². The van der Waals surface area contributed by atoms with Gasteiger partial charge in [-0.3, -0.25) is 9.48 Å². The molecule has 0 spiro atoms. The molecule has 0 aliphatic rings. The second kappa shape index (κ2) is 7.18. The maximum atomic E-state index is 12.0. The number of hydrogen-bond acceptors (Lipinski definition) is 4. The minimum atomic E-state index is -1.14. The van der Waals surface area contributed by atoms with E-state index in [1.165, 1.54) is 18.5 Å². The lowest BCUT2D eigenvalue weighted by Gasteiger charge is -2.05. The molecule has 0 atom stereocenters. The van der Waals surface area contributed by atoms with Crippen molar-refractivity contribution in [1.82, 2.24) is 19.6 Å². The number of benzene rings is 1. The number of carboxylic acid groups (broad SMARTS) is 1. The summed E-state index contributed by atoms with van der Waals surface area (Å²) in [5.41, 5.74) is 1.49. The van der Waals surface area contributed by atoms with E-state index >= 15 is 0 Å². The smallest absolute Gasteiger partial charge is 0.354 e. The molecule has 0 aliphatic carbocycles. The van der Waals surface area contributed by atoms with E-state index in [9.17, 15) is 9.59 Å². The van der Waals surface area contributed by atoms with Gasteiger partial charge in [-0.05, 0) is 23.8 Å². The van der Waals surface area contributed by atoms with E-state index in [2.05, 4.69) is 15.5 Å². The van der Waals surface area contributed by atoms with Gasteiger partial charge in [-0.2, -0.15) is 10.2 Å². The summed E-state index contributed by atoms with van der Waals surface area (Å²) < 4.78 is 2.80. The number of rotatable bonds is 6. The highest BCUT2D eigenvalue weighted by Crippen LogP contribution is 2.12. The van der Waals surface area contributed by atoms with E-state index in [1.54, 1.807) is 23.0 Å². The lowest BCUT2D eigenvalue weighted by atomic mass is 10.2. The number of aromatic carboxylic acids is 1. The van der Waals surface area contributed by atoms with Gasteiger partial charge in [0.25, 0.3) is 0 Å². The van der Waals surface area contributed by atoms with E-state index in [-0.39, 0.29) is 12.2 Å². The van der Waals surface area contributed by atoms with Crippen molar-refractivity contribution in [3.05, 3.63) is 65.2 Å². The van der Waals surface area contributed by atoms with Gasteiger partial charge in [0.1, 0.15) is 12.2 Å². The van der Waals surface area contributed by atoms with Gasteiger partial charge in [0.15, 0.2) is 0 Å². The fourth-order valence-corrected chi connectivity index (χ4v) is 2.39. The molecule has 2 N–H and O–H groups in total. The minimum Gasteiger partial charge on any atom is -0.477 e. The Kier molecular flexibility index (Phi) is 4.80. The first-order valence-corrected chi connectivity index (χ1v) is 7.71. The van der Waals surface area contributed by atoms with E-state index in [0.29, 0.717) is 17.3 Å². The Bertz CT molecular complexity index is 901. The Morgan fingerprint density at radius 1 is 1.16 bits per heavy atom. The number of halogens is 1. The lowest BCUT2D eigenvalue weighted by molar-refractivity contribution is -0.116. The fourth-order valence-electron chi connectivity index (χ4n) is 2.27. The molecule has 25 heavy (non-hydrogen) atoms. The standard InChI is InChI=1S/C16H14ClN5O3/c17-12-3-1-11(2-4-12)8-21-9-13(7-19-21)20-15(23)10-22-14(16(24)25)5-6-18-22/h1-7,9H,8,10H2,(H,20,23)(H,24,25). The molecule has 3 aromatic rings. The Balaban J connectivity index is 1.61. The molecular formula is C16H14ClN5O3. The van der Waals surface area contributed by atoms with Crippen LogP contribution in [0.4, 0.5) is 5.69 Å². The number of amides is 1. The van der Waals surface area contributed by atoms with Crippen LogP contribution in [0.5, 0.6) is 0 Å². The first-order valence-electron chi connectivity index (χ1n) is 7.33. The fraction of sp³-hybridized carbons (Fsp3) is 0.125. The zero-order valence-electron chi connectivity index (χ0n) is 13.0. The van der Waals surface area contributed by atoms with Crippen LogP contribution in [0.2, 0.25) is 5.02 Å². The molecule has 3 rings (SSSR count). The summed E-state index contributed by atoms with van der Waals surface area (Å²) in [5.74, 6) is -1.53. The molecule has 0 unspecified atom stereocenters. The van der Waals surface area contributed by atoms with Crippen molar-refractivity contribution in [2.24, 2.45) is 0 Å². The summed E-state index contributed by atoms with van der Waals surface area (Å²) in [5, 5.41) is 20.3. The van der Waals surface area contributed by atoms with Crippen LogP contribution in [-0.4, -0.2) is 36.5 Å². The first kappa shape index (κ1) is 16.7. The third-order valence-corrected chi connectivity index (χ3v) is 3.66. The van der Waals surface area contributed by atoms with Crippen LogP contribution < -0.4 is 5.32 Å². The van der Waals surface area contributed by atoms with Crippen LogP contribution in [0.3, 0.4) is 0 Å². The molecule has 1 amide bonds. The molecule has 9 heteroatoms. The Labute approximate surface area is 147 Å². The summed E-state index contributed by atoms with van der Waals surface area (Å²) in [7, 11) is 0. The Morgan fingerprint density at radius 2 is 1.92 bits per heavy atom. The van der Waals surface area contributed by atoms with Crippen LogP contribution in [0.1, 0.15) is 16.1 Å². The summed E-state index contributed by atoms with van der Waals surface area (Å²) in [6.07, 6.45) is 4.55. The average molecular weight is 360 g/mol. The zero-order chi connectivity index (χ0) is 17.8. The van der Waals surface area contributed by atoms with Crippen LogP contribution in [0.15, 0.2) is 48.9 Å². The van der Waals surface area contributed by atoms with Gasteiger partial charge in [-0.1, -0.05) is 23.7 Å². The van der Waals surface area contributed by atoms with Gasteiger partial charge in [0.05, 0.1) is 18.4 Å². The van der Waals surface area contributed by atoms with Crippen molar-refractivity contribution in [1.29, 1.82) is 0 Å². The molecule has 0 bridgehead atoms. The number of nitrogens with zero attached hydrogens (tertiary/aromatic N) is 4. The third kappa shape index (κ3) is 4.24. The summed E-state index contributed by atoms with van der Waals surface area (Å²) in [6, 6.07) is 8.72. The lowest BCUT2D eigenvalue weighted by Crippen LogP contribution is -2.22. The second-order valence-corrected chi connectivity index (χ2v) is 5.72. The SMILES string of the molecule is O=C(Cn1nccc1C(=O)O)Nc1cnn(Cc2ccc(Cl)cc2)c1. The first-order chi connectivity index (χ1) is 12.0. The zero-order valence-corrected chi connectivity index (χ0v) is 13.7. The number of nitrogens with one attached hydrogen (secondary N) is 1. The molecule has 2 aromatic heterocycles. The molecule has 8 nitrogen and oxygen atoms in total. The third-order valence-electron chi connectivity index (χ3n) is 3.40. The molecular weight excluding hydrogens is 346 g/mol. The van der Waals surface area contributed by atoms with Gasteiger partial charge in [0.2, 0.25) is 5.91 Å². The van der Waals surface area contributed by atoms with Gasteiger partial charge in [-0.15, -0.1) is 0 Å². The largest absolute Gasteiger partial charge is 0.477 e. The molecule has 2 heterocycles. The number of carboxylic acids is 1. The van der Waals surface area contributed by atoms with Gasteiger partial charge in [-0.25, -0.2) is 9.48 Å². The monoisotopic (exact) mass is 359 g/mol. The molecule has 0 radical (unpaired) electrons. The summed E-state index contributed by atoms with van der Waals surface area (Å²) >= 11 is 5.85. The van der Waals surface area contributed by atoms with Crippen molar-refractivity contribution in [3.63, 3.8) is 0 Å². The van der Waals surface area contributed by atoms with Crippen molar-refractivity contribution in [2.45, 2.75) is 13.1 Å². The molecule has 0 aliphatic heterocycles. The topological polar surface area (TPSA) is 102 Å². The molecule has 128 valence electrons. The predicted octanol–water partition coefficient (Wildman–Crippen LogP) is 2.12. The van der Waals surface area contributed by atoms with Crippen molar-refractivity contribution in [2.75, 3.05) is 5.32 Å². The maximum Gasteiger partial charge on any atom is 0.354 e. The summed E-state index contributed by atoms with van der Waals surface area (Å²) in [6.45, 7) is 0.340. The highest BCUT2D eigenvalue weighted by Gasteiger charge is 2.13. The molecule has 0 saturated carbocycles. The Hall–Kier alpha value is -3.13. The van der Waals surface area contributed by atoms with E-state index in [1.807, 2.05) is 12.1 Å². The maximum absolute atomic E-state index is 12.0. The van der Waals surface area contributed by atoms with Crippen LogP contribution in [0, 0.1) is 0 Å². The van der Waals surface area contributed by atoms with Crippen molar-refractivity contribution in [3.8, 4) is 0 Å². The molecule has 0 fully saturated rings. The van der Waals surface area contributed by atoms with Gasteiger partial charge in [0, 0.05) is 17.4 Å². The number of carbonyl (C=O) groups is 2. The molecule has 1 aromatic carbocycles. The number of hydrogen-bond donors (Lipinski definition) is 2. The van der Waals surface area contributed by atoms with Gasteiger partial charge < -0.3 is 10.4 Å². The van der Waals surface area contributed by atoms with Crippen LogP contribution in [-0.2, 0) is 17.9 Å². The highest BCUT2D eigenvalue weighted by atomic mass is 35.5. The van der Waals surface area contributed by atoms with Crippen molar-refractivity contribution < 1.29 is 14.7 Å². The normalized spacial score (nSPS) is 10.6. The quantitative estimate of drug-likeness (QED) is 0.701. The average Bonchev–Trinajstić information content (AvgIpc) is 3.19. The Morgan fingerprint density at radius 3 is 2.64 bits per heavy atom. The van der Waals surface area contributed by atoms with E-state index < -0.39 is 11.9 Å². The predicted molar refractivity (Wildman–Crippen MR) is 90.6 cm³/mol. The van der Waals surface area contributed by atoms with Crippen LogP contribution >= 0.6 is 11.6 Å². The van der Waals surface area contributed by atoms with E-state index in [0.717, 1.165) is 10.2 Å². The number of carbonyl (C=O) groups excluding carboxylic acids is 1. The van der Waals surface area contributed by atoms with Crippen molar-refractivity contribution >= 4 is 29.2 Å². The van der Waals surface area contributed by atoms with E-state index in [4.69, 9.17) is 16.7 Å². The number of aromatic nitrogens is 4. The summed E-state index contributed by atoms with van der Waals surface area (Å²) in [4.78, 5) is 23.0. The second-order valence-electron chi connectivity index (χ2n) is 5.28.